The molecule has 1 amide bonds. The Labute approximate surface area is 124 Å². The third-order valence-corrected chi connectivity index (χ3v) is 3.63. The maximum atomic E-state index is 12.0. The zero-order chi connectivity index (χ0) is 16.0. The summed E-state index contributed by atoms with van der Waals surface area (Å²) in [5, 5.41) is 12.0. The van der Waals surface area contributed by atoms with E-state index in [1.165, 1.54) is 0 Å². The van der Waals surface area contributed by atoms with E-state index < -0.39 is 0 Å². The number of aromatic amines is 1. The summed E-state index contributed by atoms with van der Waals surface area (Å²) in [6.45, 7) is 4.95. The van der Waals surface area contributed by atoms with Crippen LogP contribution in [0.5, 0.6) is 0 Å². The fraction of sp³-hybridized carbons (Fsp3) is 0.533. The largest absolute Gasteiger partial charge is 0.344 e. The van der Waals surface area contributed by atoms with Crippen LogP contribution in [-0.4, -0.2) is 43.0 Å². The first kappa shape index (κ1) is 16.9. The number of carbonyl (C=O) groups is 1. The third kappa shape index (κ3) is 4.17. The lowest BCUT2D eigenvalue weighted by Gasteiger charge is -2.17. The molecule has 1 aromatic heterocycles. The lowest BCUT2D eigenvalue weighted by Crippen LogP contribution is -2.33. The second-order valence-electron chi connectivity index (χ2n) is 5.09. The van der Waals surface area contributed by atoms with Gasteiger partial charge in [-0.25, -0.2) is 0 Å². The molecule has 1 rings (SSSR count). The van der Waals surface area contributed by atoms with Gasteiger partial charge in [0.2, 0.25) is 5.91 Å². The number of hydrogen-bond acceptors (Lipinski definition) is 4. The van der Waals surface area contributed by atoms with E-state index in [9.17, 15) is 9.59 Å². The molecule has 0 aromatic carbocycles. The highest BCUT2D eigenvalue weighted by Gasteiger charge is 2.14. The van der Waals surface area contributed by atoms with Crippen LogP contribution >= 0.6 is 0 Å². The zero-order valence-electron chi connectivity index (χ0n) is 13.0. The van der Waals surface area contributed by atoms with Crippen LogP contribution in [0.3, 0.4) is 0 Å². The van der Waals surface area contributed by atoms with Crippen LogP contribution < -0.4 is 10.9 Å². The topological polar surface area (TPSA) is 89.0 Å². The second-order valence-corrected chi connectivity index (χ2v) is 5.09. The molecule has 21 heavy (non-hydrogen) atoms. The van der Waals surface area contributed by atoms with Gasteiger partial charge in [0, 0.05) is 32.3 Å². The molecular formula is C15H22N4O2. The minimum Gasteiger partial charge on any atom is -0.344 e. The van der Waals surface area contributed by atoms with Gasteiger partial charge in [-0.1, -0.05) is 0 Å². The van der Waals surface area contributed by atoms with Crippen molar-refractivity contribution in [2.75, 3.05) is 27.2 Å². The van der Waals surface area contributed by atoms with E-state index in [2.05, 4.69) is 10.3 Å². The van der Waals surface area contributed by atoms with Crippen molar-refractivity contribution in [2.24, 2.45) is 0 Å². The molecule has 0 radical (unpaired) electrons. The van der Waals surface area contributed by atoms with Crippen LogP contribution in [0.4, 0.5) is 0 Å². The molecule has 0 spiro atoms. The molecule has 1 aromatic rings. The van der Waals surface area contributed by atoms with Crippen molar-refractivity contribution in [3.63, 3.8) is 0 Å². The minimum atomic E-state index is -0.367. The molecule has 0 saturated heterocycles. The van der Waals surface area contributed by atoms with E-state index in [4.69, 9.17) is 5.26 Å². The number of amides is 1. The molecule has 0 aliphatic rings. The average molecular weight is 290 g/mol. The van der Waals surface area contributed by atoms with E-state index in [-0.39, 0.29) is 17.0 Å². The van der Waals surface area contributed by atoms with E-state index >= 15 is 0 Å². The minimum absolute atomic E-state index is 0.0498. The number of likely N-dealkylation sites (N-methyl/N-ethyl adjacent to an activating group) is 2. The Morgan fingerprint density at radius 3 is 2.67 bits per heavy atom. The highest BCUT2D eigenvalue weighted by molar-refractivity contribution is 5.76. The summed E-state index contributed by atoms with van der Waals surface area (Å²) in [5.74, 6) is 0.0498. The highest BCUT2D eigenvalue weighted by atomic mass is 16.2. The number of carbonyl (C=O) groups excluding carboxylic acids is 1. The third-order valence-electron chi connectivity index (χ3n) is 3.63. The molecule has 0 saturated carbocycles. The number of hydrogen-bond donors (Lipinski definition) is 2. The fourth-order valence-corrected chi connectivity index (χ4v) is 2.25. The maximum absolute atomic E-state index is 12.0. The first-order valence-corrected chi connectivity index (χ1v) is 6.93. The summed E-state index contributed by atoms with van der Waals surface area (Å²) in [5.41, 5.74) is 2.04. The molecule has 6 heteroatoms. The fourth-order valence-electron chi connectivity index (χ4n) is 2.25. The molecule has 0 fully saturated rings. The Hall–Kier alpha value is -2.13. The Kier molecular flexibility index (Phi) is 6.12. The molecule has 0 unspecified atom stereocenters. The van der Waals surface area contributed by atoms with Gasteiger partial charge in [-0.15, -0.1) is 0 Å². The molecule has 0 aliphatic heterocycles. The van der Waals surface area contributed by atoms with Crippen LogP contribution in [-0.2, 0) is 11.2 Å². The van der Waals surface area contributed by atoms with Gasteiger partial charge in [0.1, 0.15) is 11.6 Å². The van der Waals surface area contributed by atoms with Crippen LogP contribution in [0.1, 0.15) is 28.8 Å². The number of nitrogens with zero attached hydrogens (tertiary/aromatic N) is 2. The number of rotatable bonds is 6. The van der Waals surface area contributed by atoms with Crippen LogP contribution in [0, 0.1) is 25.2 Å². The Balaban J connectivity index is 2.83. The van der Waals surface area contributed by atoms with Gasteiger partial charge in [-0.2, -0.15) is 5.26 Å². The van der Waals surface area contributed by atoms with Crippen molar-refractivity contribution in [3.8, 4) is 6.07 Å². The average Bonchev–Trinajstić information content (AvgIpc) is 2.44. The molecule has 2 N–H and O–H groups in total. The van der Waals surface area contributed by atoms with Gasteiger partial charge < -0.3 is 15.2 Å². The van der Waals surface area contributed by atoms with Crippen molar-refractivity contribution in [3.05, 3.63) is 32.7 Å². The normalized spacial score (nSPS) is 10.2. The molecule has 114 valence electrons. The number of nitriles is 1. The zero-order valence-corrected chi connectivity index (χ0v) is 13.0. The lowest BCUT2D eigenvalue weighted by atomic mass is 9.99. The van der Waals surface area contributed by atoms with E-state index in [1.54, 1.807) is 25.8 Å². The predicted octanol–water partition coefficient (Wildman–Crippen LogP) is 0.474. The standard InChI is InChI=1S/C15H22N4O2/c1-10-12(11(2)18-15(21)13(10)9-16)5-6-14(20)19(4)8-7-17-3/h17H,5-8H2,1-4H3,(H,18,21). The number of aromatic nitrogens is 1. The Morgan fingerprint density at radius 1 is 1.43 bits per heavy atom. The smallest absolute Gasteiger partial charge is 0.266 e. The summed E-state index contributed by atoms with van der Waals surface area (Å²) in [4.78, 5) is 28.0. The van der Waals surface area contributed by atoms with Gasteiger partial charge in [0.15, 0.2) is 0 Å². The Morgan fingerprint density at radius 2 is 2.10 bits per heavy atom. The SMILES string of the molecule is CNCCN(C)C(=O)CCc1c(C)[nH]c(=O)c(C#N)c1C. The van der Waals surface area contributed by atoms with Gasteiger partial charge in [0.05, 0.1) is 0 Å². The Bertz CT molecular complexity index is 613. The van der Waals surface area contributed by atoms with Crippen molar-refractivity contribution >= 4 is 5.91 Å². The highest BCUT2D eigenvalue weighted by Crippen LogP contribution is 2.15. The van der Waals surface area contributed by atoms with Gasteiger partial charge in [-0.05, 0) is 38.4 Å². The van der Waals surface area contributed by atoms with Gasteiger partial charge >= 0.3 is 0 Å². The van der Waals surface area contributed by atoms with Crippen molar-refractivity contribution in [1.29, 1.82) is 5.26 Å². The van der Waals surface area contributed by atoms with Crippen LogP contribution in [0.15, 0.2) is 4.79 Å². The molecular weight excluding hydrogens is 268 g/mol. The molecule has 0 aliphatic carbocycles. The van der Waals surface area contributed by atoms with Crippen LogP contribution in [0.2, 0.25) is 0 Å². The van der Waals surface area contributed by atoms with E-state index in [0.29, 0.717) is 24.9 Å². The number of aryl methyl sites for hydroxylation is 1. The van der Waals surface area contributed by atoms with Crippen molar-refractivity contribution < 1.29 is 4.79 Å². The van der Waals surface area contributed by atoms with Crippen molar-refractivity contribution in [1.82, 2.24) is 15.2 Å². The predicted molar refractivity (Wildman–Crippen MR) is 81.1 cm³/mol. The maximum Gasteiger partial charge on any atom is 0.266 e. The second kappa shape index (κ2) is 7.60. The van der Waals surface area contributed by atoms with E-state index in [1.807, 2.05) is 13.1 Å². The van der Waals surface area contributed by atoms with E-state index in [0.717, 1.165) is 17.8 Å². The lowest BCUT2D eigenvalue weighted by molar-refractivity contribution is -0.129. The molecule has 0 atom stereocenters. The molecule has 6 nitrogen and oxygen atoms in total. The summed E-state index contributed by atoms with van der Waals surface area (Å²) in [6.07, 6.45) is 0.880. The first-order valence-electron chi connectivity index (χ1n) is 6.93. The summed E-state index contributed by atoms with van der Waals surface area (Å²) >= 11 is 0. The molecule has 0 bridgehead atoms. The summed E-state index contributed by atoms with van der Waals surface area (Å²) in [6, 6.07) is 1.92. The van der Waals surface area contributed by atoms with Crippen LogP contribution in [0.25, 0.3) is 0 Å². The summed E-state index contributed by atoms with van der Waals surface area (Å²) in [7, 11) is 3.61. The number of nitrogens with one attached hydrogen (secondary N) is 2. The quantitative estimate of drug-likeness (QED) is 0.797. The summed E-state index contributed by atoms with van der Waals surface area (Å²) < 4.78 is 0. The van der Waals surface area contributed by atoms with Gasteiger partial charge in [-0.3, -0.25) is 9.59 Å². The number of H-pyrrole nitrogens is 1. The number of pyridine rings is 1. The van der Waals surface area contributed by atoms with Gasteiger partial charge in [0.25, 0.3) is 5.56 Å². The first-order chi connectivity index (χ1) is 9.92. The molecule has 1 heterocycles. The van der Waals surface area contributed by atoms with Crippen molar-refractivity contribution in [2.45, 2.75) is 26.7 Å². The monoisotopic (exact) mass is 290 g/mol.